The summed E-state index contributed by atoms with van der Waals surface area (Å²) in [4.78, 5) is 35.4. The first kappa shape index (κ1) is 17.4. The van der Waals surface area contributed by atoms with Crippen molar-refractivity contribution < 1.29 is 14.7 Å². The number of carbonyl (C=O) groups is 2. The van der Waals surface area contributed by atoms with E-state index in [4.69, 9.17) is 17.3 Å². The Balaban J connectivity index is 1.77. The van der Waals surface area contributed by atoms with Crippen molar-refractivity contribution in [2.24, 2.45) is 0 Å². The number of aromatic nitrogens is 4. The predicted octanol–water partition coefficient (Wildman–Crippen LogP) is 1.34. The monoisotopic (exact) mass is 375 g/mol. The minimum atomic E-state index is -1.23. The Morgan fingerprint density at radius 1 is 1.27 bits per heavy atom. The molecule has 26 heavy (non-hydrogen) atoms. The number of fused-ring (bicyclic) bond motifs is 1. The molecule has 2 amide bonds. The van der Waals surface area contributed by atoms with Crippen LogP contribution in [0.4, 0.5) is 16.4 Å². The predicted molar refractivity (Wildman–Crippen MR) is 94.8 cm³/mol. The van der Waals surface area contributed by atoms with Crippen LogP contribution in [0, 0.1) is 0 Å². The van der Waals surface area contributed by atoms with Gasteiger partial charge in [-0.15, -0.1) is 0 Å². The van der Waals surface area contributed by atoms with Crippen molar-refractivity contribution in [3.63, 3.8) is 0 Å². The highest BCUT2D eigenvalue weighted by atomic mass is 35.5. The maximum absolute atomic E-state index is 12.1. The molecule has 3 rings (SSSR count). The zero-order valence-corrected chi connectivity index (χ0v) is 14.0. The average Bonchev–Trinajstić information content (AvgIpc) is 2.98. The topological polar surface area (TPSA) is 148 Å². The van der Waals surface area contributed by atoms with Gasteiger partial charge in [-0.2, -0.15) is 9.97 Å². The number of amides is 2. The number of carboxylic acid groups (broad SMARTS) is 1. The number of nitrogens with two attached hydrogens (primary N) is 1. The maximum Gasteiger partial charge on any atom is 0.328 e. The first-order valence-electron chi connectivity index (χ1n) is 7.43. The van der Waals surface area contributed by atoms with Crippen molar-refractivity contribution in [1.82, 2.24) is 24.8 Å². The molecule has 0 fully saturated rings. The molecule has 5 N–H and O–H groups in total. The Hall–Kier alpha value is -3.40. The number of nitrogen functional groups attached to an aromatic ring is 1. The summed E-state index contributed by atoms with van der Waals surface area (Å²) in [6.45, 7) is -0.124. The van der Waals surface area contributed by atoms with Crippen LogP contribution in [0.2, 0.25) is 5.15 Å². The molecule has 134 valence electrons. The van der Waals surface area contributed by atoms with Gasteiger partial charge in [0, 0.05) is 5.69 Å². The lowest BCUT2D eigenvalue weighted by Crippen LogP contribution is -2.45. The summed E-state index contributed by atoms with van der Waals surface area (Å²) >= 11 is 5.95. The highest BCUT2D eigenvalue weighted by Crippen LogP contribution is 2.19. The van der Waals surface area contributed by atoms with E-state index >= 15 is 0 Å². The van der Waals surface area contributed by atoms with Gasteiger partial charge in [-0.3, -0.25) is 0 Å². The van der Waals surface area contributed by atoms with Crippen LogP contribution in [0.25, 0.3) is 11.2 Å². The van der Waals surface area contributed by atoms with E-state index < -0.39 is 18.0 Å². The molecule has 3 aromatic rings. The van der Waals surface area contributed by atoms with Crippen molar-refractivity contribution in [3.05, 3.63) is 41.8 Å². The van der Waals surface area contributed by atoms with E-state index in [2.05, 4.69) is 25.6 Å². The van der Waals surface area contributed by atoms with Crippen molar-refractivity contribution >= 4 is 46.4 Å². The molecule has 0 aliphatic rings. The number of nitrogens with one attached hydrogen (secondary N) is 2. The van der Waals surface area contributed by atoms with E-state index in [1.807, 2.05) is 0 Å². The number of imidazole rings is 1. The third-order valence-electron chi connectivity index (χ3n) is 3.45. The minimum Gasteiger partial charge on any atom is -0.480 e. The van der Waals surface area contributed by atoms with Crippen LogP contribution in [0.1, 0.15) is 0 Å². The number of carbonyl (C=O) groups excluding carboxylic acids is 1. The summed E-state index contributed by atoms with van der Waals surface area (Å²) in [7, 11) is 0. The molecule has 0 bridgehead atoms. The lowest BCUT2D eigenvalue weighted by Gasteiger charge is -2.16. The molecule has 0 saturated carbocycles. The quantitative estimate of drug-likeness (QED) is 0.491. The molecule has 2 aromatic heterocycles. The fourth-order valence-electron chi connectivity index (χ4n) is 2.29. The fraction of sp³-hybridized carbons (Fsp3) is 0.133. The van der Waals surface area contributed by atoms with E-state index in [9.17, 15) is 14.7 Å². The van der Waals surface area contributed by atoms with Crippen molar-refractivity contribution in [1.29, 1.82) is 0 Å². The van der Waals surface area contributed by atoms with E-state index in [0.717, 1.165) is 0 Å². The minimum absolute atomic E-state index is 0.0629. The molecule has 0 unspecified atom stereocenters. The van der Waals surface area contributed by atoms with Gasteiger partial charge in [0.05, 0.1) is 12.9 Å². The lowest BCUT2D eigenvalue weighted by molar-refractivity contribution is -0.139. The second-order valence-corrected chi connectivity index (χ2v) is 5.66. The number of aliphatic carboxylic acids is 1. The van der Waals surface area contributed by atoms with Crippen molar-refractivity contribution in [2.75, 3.05) is 11.1 Å². The summed E-state index contributed by atoms with van der Waals surface area (Å²) < 4.78 is 1.43. The molecule has 0 aliphatic carbocycles. The number of hydrogen-bond donors (Lipinski definition) is 4. The highest BCUT2D eigenvalue weighted by Gasteiger charge is 2.22. The van der Waals surface area contributed by atoms with Crippen LogP contribution in [-0.4, -0.2) is 42.7 Å². The zero-order chi connectivity index (χ0) is 18.7. The molecule has 1 atom stereocenters. The number of benzene rings is 1. The molecular weight excluding hydrogens is 362 g/mol. The van der Waals surface area contributed by atoms with Gasteiger partial charge in [-0.05, 0) is 12.1 Å². The van der Waals surface area contributed by atoms with Crippen molar-refractivity contribution in [3.8, 4) is 0 Å². The molecule has 0 saturated heterocycles. The number of nitrogens with zero attached hydrogens (tertiary/aromatic N) is 4. The van der Waals surface area contributed by atoms with Crippen LogP contribution in [0.3, 0.4) is 0 Å². The lowest BCUT2D eigenvalue weighted by atomic mass is 10.3. The second-order valence-electron chi connectivity index (χ2n) is 5.30. The van der Waals surface area contributed by atoms with Crippen LogP contribution >= 0.6 is 11.6 Å². The van der Waals surface area contributed by atoms with Gasteiger partial charge < -0.3 is 26.0 Å². The van der Waals surface area contributed by atoms with Crippen molar-refractivity contribution in [2.45, 2.75) is 12.6 Å². The van der Waals surface area contributed by atoms with Gasteiger partial charge in [0.25, 0.3) is 0 Å². The first-order valence-corrected chi connectivity index (χ1v) is 7.81. The number of carboxylic acids is 1. The van der Waals surface area contributed by atoms with Crippen LogP contribution in [-0.2, 0) is 11.3 Å². The van der Waals surface area contributed by atoms with Crippen LogP contribution < -0.4 is 16.4 Å². The number of hydrogen-bond acceptors (Lipinski definition) is 6. The number of rotatable bonds is 5. The number of anilines is 2. The molecule has 1 aromatic carbocycles. The standard InChI is InChI=1S/C15H14ClN7O3/c16-11-10-12(22-14(17)21-11)23(7-18-10)6-9(13(24)25)20-15(26)19-8-4-2-1-3-5-8/h1-5,7,9H,6H2,(H,24,25)(H2,17,21,22)(H2,19,20,26)/t9-/m0/s1. The average molecular weight is 376 g/mol. The van der Waals surface area contributed by atoms with Gasteiger partial charge in [-0.25, -0.2) is 14.6 Å². The Labute approximate surface area is 152 Å². The second kappa shape index (κ2) is 7.23. The molecule has 0 spiro atoms. The summed E-state index contributed by atoms with van der Waals surface area (Å²) in [6, 6.07) is 6.77. The summed E-state index contributed by atoms with van der Waals surface area (Å²) in [6.07, 6.45) is 1.36. The first-order chi connectivity index (χ1) is 12.4. The smallest absolute Gasteiger partial charge is 0.328 e. The summed E-state index contributed by atoms with van der Waals surface area (Å²) in [5.41, 5.74) is 6.67. The van der Waals surface area contributed by atoms with Gasteiger partial charge in [0.15, 0.2) is 10.8 Å². The SMILES string of the molecule is Nc1nc(Cl)c2ncn(C[C@H](NC(=O)Nc3ccccc3)C(=O)O)c2n1. The third-order valence-corrected chi connectivity index (χ3v) is 3.72. The van der Waals surface area contributed by atoms with Crippen LogP contribution in [0.5, 0.6) is 0 Å². The Kier molecular flexibility index (Phi) is 4.85. The van der Waals surface area contributed by atoms with E-state index in [1.165, 1.54) is 10.9 Å². The summed E-state index contributed by atoms with van der Waals surface area (Å²) in [5.74, 6) is -1.28. The van der Waals surface area contributed by atoms with Gasteiger partial charge in [-0.1, -0.05) is 29.8 Å². The molecule has 11 heteroatoms. The fourth-order valence-corrected chi connectivity index (χ4v) is 2.51. The van der Waals surface area contributed by atoms with E-state index in [-0.39, 0.29) is 23.3 Å². The highest BCUT2D eigenvalue weighted by molar-refractivity contribution is 6.33. The molecule has 0 aliphatic heterocycles. The third kappa shape index (κ3) is 3.81. The van der Waals surface area contributed by atoms with E-state index in [0.29, 0.717) is 11.2 Å². The Morgan fingerprint density at radius 3 is 2.69 bits per heavy atom. The van der Waals surface area contributed by atoms with Gasteiger partial charge in [0.2, 0.25) is 5.95 Å². The number of halogens is 1. The largest absolute Gasteiger partial charge is 0.480 e. The molecule has 2 heterocycles. The number of para-hydroxylation sites is 1. The Morgan fingerprint density at radius 2 is 2.00 bits per heavy atom. The molecule has 0 radical (unpaired) electrons. The maximum atomic E-state index is 12.1. The summed E-state index contributed by atoms with van der Waals surface area (Å²) in [5, 5.41) is 14.4. The van der Waals surface area contributed by atoms with Gasteiger partial charge in [0.1, 0.15) is 11.6 Å². The zero-order valence-electron chi connectivity index (χ0n) is 13.3. The van der Waals surface area contributed by atoms with Gasteiger partial charge >= 0.3 is 12.0 Å². The Bertz CT molecular complexity index is 961. The molecular formula is C15H14ClN7O3. The number of urea groups is 1. The van der Waals surface area contributed by atoms with Crippen LogP contribution in [0.15, 0.2) is 36.7 Å². The molecule has 10 nitrogen and oxygen atoms in total. The normalized spacial score (nSPS) is 11.9. The van der Waals surface area contributed by atoms with E-state index in [1.54, 1.807) is 30.3 Å².